The number of nitrogens with zero attached hydrogens (tertiary/aromatic N) is 2. The van der Waals surface area contributed by atoms with Crippen molar-refractivity contribution in [2.45, 2.75) is 6.61 Å². The van der Waals surface area contributed by atoms with Gasteiger partial charge in [-0.15, -0.1) is 0 Å². The molecule has 5 heteroatoms. The maximum absolute atomic E-state index is 11.3. The number of fused-ring (bicyclic) bond motifs is 1. The van der Waals surface area contributed by atoms with Crippen molar-refractivity contribution in [2.75, 3.05) is 0 Å². The van der Waals surface area contributed by atoms with E-state index >= 15 is 0 Å². The lowest BCUT2D eigenvalue weighted by molar-refractivity contribution is 0.0685. The lowest BCUT2D eigenvalue weighted by Crippen LogP contribution is -2.06. The molecule has 0 saturated heterocycles. The van der Waals surface area contributed by atoms with Gasteiger partial charge in [0.2, 0.25) is 0 Å². The van der Waals surface area contributed by atoms with Gasteiger partial charge in [-0.05, 0) is 11.6 Å². The van der Waals surface area contributed by atoms with Crippen LogP contribution >= 0.6 is 0 Å². The summed E-state index contributed by atoms with van der Waals surface area (Å²) in [6, 6.07) is 11.4. The summed E-state index contributed by atoms with van der Waals surface area (Å²) in [4.78, 5) is 15.3. The Kier molecular flexibility index (Phi) is 3.31. The number of benzene rings is 1. The first-order chi connectivity index (χ1) is 10.2. The molecule has 2 heterocycles. The van der Waals surface area contributed by atoms with Crippen molar-refractivity contribution >= 4 is 16.9 Å². The number of carbonyl (C=O) groups is 1. The van der Waals surface area contributed by atoms with Crippen molar-refractivity contribution in [1.82, 2.24) is 9.55 Å². The zero-order chi connectivity index (χ0) is 14.8. The van der Waals surface area contributed by atoms with Gasteiger partial charge in [0.05, 0.1) is 11.7 Å². The quantitative estimate of drug-likeness (QED) is 0.799. The van der Waals surface area contributed by atoms with E-state index < -0.39 is 5.97 Å². The molecule has 2 aromatic heterocycles. The number of pyridine rings is 1. The minimum atomic E-state index is -1.09. The Morgan fingerprint density at radius 2 is 2.05 bits per heavy atom. The van der Waals surface area contributed by atoms with Gasteiger partial charge in [-0.3, -0.25) is 0 Å². The monoisotopic (exact) mass is 282 g/mol. The van der Waals surface area contributed by atoms with Gasteiger partial charge in [0.1, 0.15) is 6.61 Å². The van der Waals surface area contributed by atoms with E-state index in [0.717, 1.165) is 16.5 Å². The molecule has 21 heavy (non-hydrogen) atoms. The van der Waals surface area contributed by atoms with Gasteiger partial charge in [0.15, 0.2) is 11.4 Å². The molecule has 0 aliphatic carbocycles. The number of carboxylic acids is 1. The minimum absolute atomic E-state index is 0.0652. The molecule has 106 valence electrons. The molecule has 0 unspecified atom stereocenters. The summed E-state index contributed by atoms with van der Waals surface area (Å²) in [6.45, 7) is 0.302. The Hall–Kier alpha value is -2.82. The van der Waals surface area contributed by atoms with Gasteiger partial charge in [0.25, 0.3) is 0 Å². The average molecular weight is 282 g/mol. The van der Waals surface area contributed by atoms with Gasteiger partial charge in [-0.1, -0.05) is 30.3 Å². The predicted octanol–water partition coefficient (Wildman–Crippen LogP) is 2.85. The van der Waals surface area contributed by atoms with Gasteiger partial charge >= 0.3 is 5.97 Å². The highest BCUT2D eigenvalue weighted by Gasteiger charge is 2.18. The number of hydrogen-bond donors (Lipinski definition) is 1. The molecular weight excluding hydrogens is 268 g/mol. The Morgan fingerprint density at radius 1 is 1.29 bits per heavy atom. The van der Waals surface area contributed by atoms with E-state index in [2.05, 4.69) is 4.98 Å². The number of hydrogen-bond acceptors (Lipinski definition) is 3. The molecule has 0 aliphatic heterocycles. The number of aryl methyl sites for hydroxylation is 1. The first kappa shape index (κ1) is 13.2. The zero-order valence-electron chi connectivity index (χ0n) is 11.5. The standard InChI is InChI=1S/C16H14N2O3/c1-18-8-7-12-13(18)9-17-14(16(19)20)15(12)21-10-11-5-3-2-4-6-11/h2-9H,10H2,1H3,(H,19,20). The molecular formula is C16H14N2O3. The lowest BCUT2D eigenvalue weighted by atomic mass is 10.2. The third-order valence-electron chi connectivity index (χ3n) is 3.32. The summed E-state index contributed by atoms with van der Waals surface area (Å²) in [5.41, 5.74) is 1.74. The third-order valence-corrected chi connectivity index (χ3v) is 3.32. The van der Waals surface area contributed by atoms with Crippen LogP contribution in [-0.2, 0) is 13.7 Å². The van der Waals surface area contributed by atoms with Crippen LogP contribution in [0.1, 0.15) is 16.1 Å². The van der Waals surface area contributed by atoms with Crippen LogP contribution < -0.4 is 4.74 Å². The number of aromatic carboxylic acids is 1. The summed E-state index contributed by atoms with van der Waals surface area (Å²) in [7, 11) is 1.88. The average Bonchev–Trinajstić information content (AvgIpc) is 2.87. The van der Waals surface area contributed by atoms with E-state index in [1.54, 1.807) is 6.20 Å². The first-order valence-corrected chi connectivity index (χ1v) is 6.51. The summed E-state index contributed by atoms with van der Waals surface area (Å²) >= 11 is 0. The number of rotatable bonds is 4. The van der Waals surface area contributed by atoms with Gasteiger partial charge < -0.3 is 14.4 Å². The molecule has 0 atom stereocenters. The van der Waals surface area contributed by atoms with Crippen molar-refractivity contribution in [3.8, 4) is 5.75 Å². The number of carboxylic acid groups (broad SMARTS) is 1. The maximum atomic E-state index is 11.3. The molecule has 5 nitrogen and oxygen atoms in total. The largest absolute Gasteiger partial charge is 0.486 e. The van der Waals surface area contributed by atoms with Crippen molar-refractivity contribution in [3.63, 3.8) is 0 Å². The molecule has 0 bridgehead atoms. The second-order valence-corrected chi connectivity index (χ2v) is 4.74. The summed E-state index contributed by atoms with van der Waals surface area (Å²) in [5, 5.41) is 10.0. The molecule has 1 aromatic carbocycles. The van der Waals surface area contributed by atoms with E-state index in [4.69, 9.17) is 4.74 Å². The second kappa shape index (κ2) is 5.28. The molecule has 1 N–H and O–H groups in total. The fourth-order valence-electron chi connectivity index (χ4n) is 2.23. The van der Waals surface area contributed by atoms with Gasteiger partial charge in [0, 0.05) is 18.6 Å². The topological polar surface area (TPSA) is 64.3 Å². The van der Waals surface area contributed by atoms with Crippen LogP contribution in [0.15, 0.2) is 48.8 Å². The van der Waals surface area contributed by atoms with E-state index in [-0.39, 0.29) is 5.69 Å². The third kappa shape index (κ3) is 2.45. The van der Waals surface area contributed by atoms with Gasteiger partial charge in [-0.25, -0.2) is 9.78 Å². The van der Waals surface area contributed by atoms with Crippen molar-refractivity contribution in [2.24, 2.45) is 7.05 Å². The molecule has 3 aromatic rings. The normalized spacial score (nSPS) is 10.7. The molecule has 3 rings (SSSR count). The van der Waals surface area contributed by atoms with Gasteiger partial charge in [-0.2, -0.15) is 0 Å². The fraction of sp³-hybridized carbons (Fsp3) is 0.125. The van der Waals surface area contributed by atoms with Crippen LogP contribution in [0, 0.1) is 0 Å². The van der Waals surface area contributed by atoms with Crippen LogP contribution in [0.5, 0.6) is 5.75 Å². The smallest absolute Gasteiger partial charge is 0.358 e. The maximum Gasteiger partial charge on any atom is 0.358 e. The SMILES string of the molecule is Cn1ccc2c(OCc3ccccc3)c(C(=O)O)ncc21. The highest BCUT2D eigenvalue weighted by molar-refractivity contribution is 5.97. The highest BCUT2D eigenvalue weighted by Crippen LogP contribution is 2.29. The van der Waals surface area contributed by atoms with Crippen LogP contribution in [-0.4, -0.2) is 20.6 Å². The predicted molar refractivity (Wildman–Crippen MR) is 78.4 cm³/mol. The summed E-state index contributed by atoms with van der Waals surface area (Å²) in [5.74, 6) is -0.784. The van der Waals surface area contributed by atoms with E-state index in [1.807, 2.05) is 54.2 Å². The Balaban J connectivity index is 2.02. The van der Waals surface area contributed by atoms with E-state index in [1.165, 1.54) is 0 Å². The fourth-order valence-corrected chi connectivity index (χ4v) is 2.23. The number of aromatic nitrogens is 2. The molecule has 0 amide bonds. The van der Waals surface area contributed by atoms with Crippen LogP contribution in [0.3, 0.4) is 0 Å². The molecule has 0 saturated carbocycles. The Morgan fingerprint density at radius 3 is 2.76 bits per heavy atom. The van der Waals surface area contributed by atoms with E-state index in [9.17, 15) is 9.90 Å². The lowest BCUT2D eigenvalue weighted by Gasteiger charge is -2.10. The molecule has 0 spiro atoms. The highest BCUT2D eigenvalue weighted by atomic mass is 16.5. The van der Waals surface area contributed by atoms with Crippen molar-refractivity contribution < 1.29 is 14.6 Å². The molecule has 0 radical (unpaired) electrons. The Labute approximate surface area is 121 Å². The minimum Gasteiger partial charge on any atom is -0.486 e. The zero-order valence-corrected chi connectivity index (χ0v) is 11.5. The summed E-state index contributed by atoms with van der Waals surface area (Å²) < 4.78 is 7.63. The Bertz CT molecular complexity index is 794. The van der Waals surface area contributed by atoms with Crippen LogP contribution in [0.4, 0.5) is 0 Å². The summed E-state index contributed by atoms with van der Waals surface area (Å²) in [6.07, 6.45) is 3.40. The van der Waals surface area contributed by atoms with Crippen LogP contribution in [0.2, 0.25) is 0 Å². The van der Waals surface area contributed by atoms with Crippen molar-refractivity contribution in [3.05, 3.63) is 60.0 Å². The van der Waals surface area contributed by atoms with Crippen LogP contribution in [0.25, 0.3) is 10.9 Å². The number of ether oxygens (including phenoxy) is 1. The molecule has 0 aliphatic rings. The van der Waals surface area contributed by atoms with E-state index in [0.29, 0.717) is 12.4 Å². The molecule has 0 fully saturated rings. The van der Waals surface area contributed by atoms with Crippen molar-refractivity contribution in [1.29, 1.82) is 0 Å². The second-order valence-electron chi connectivity index (χ2n) is 4.74. The first-order valence-electron chi connectivity index (χ1n) is 6.51.